The van der Waals surface area contributed by atoms with Crippen molar-refractivity contribution >= 4 is 41.8 Å². The molecule has 232 valence electrons. The lowest BCUT2D eigenvalue weighted by molar-refractivity contribution is 0.489. The van der Waals surface area contributed by atoms with Crippen LogP contribution in [0, 0.1) is 0 Å². The summed E-state index contributed by atoms with van der Waals surface area (Å²) in [5.74, 6) is 0. The van der Waals surface area contributed by atoms with Crippen LogP contribution in [-0.4, -0.2) is 9.52 Å². The highest BCUT2D eigenvalue weighted by Crippen LogP contribution is 2.47. The van der Waals surface area contributed by atoms with Gasteiger partial charge in [0.05, 0.1) is 9.52 Å². The average molecular weight is 625 g/mol. The monoisotopic (exact) mass is 624 g/mol. The van der Waals surface area contributed by atoms with Gasteiger partial charge in [0.25, 0.3) is 0 Å². The lowest BCUT2D eigenvalue weighted by Gasteiger charge is -2.42. The Bertz CT molecular complexity index is 2160. The zero-order valence-electron chi connectivity index (χ0n) is 28.2. The van der Waals surface area contributed by atoms with Crippen LogP contribution in [0.1, 0.15) is 64.5 Å². The van der Waals surface area contributed by atoms with Gasteiger partial charge in [0.15, 0.2) is 0 Å². The molecule has 0 saturated heterocycles. The van der Waals surface area contributed by atoms with E-state index < -0.39 is 0 Å². The fourth-order valence-corrected chi connectivity index (χ4v) is 10.3. The molecular formula is C46H44Si. The van der Waals surface area contributed by atoms with Crippen molar-refractivity contribution in [2.24, 2.45) is 0 Å². The van der Waals surface area contributed by atoms with Crippen LogP contribution in [0.15, 0.2) is 146 Å². The molecule has 7 aromatic rings. The maximum Gasteiger partial charge on any atom is 0.0647 e. The fraction of sp³-hybridized carbons (Fsp3) is 0.217. The Kier molecular flexibility index (Phi) is 8.60. The first-order valence-electron chi connectivity index (χ1n) is 17.4. The van der Waals surface area contributed by atoms with Crippen molar-refractivity contribution in [3.05, 3.63) is 157 Å². The van der Waals surface area contributed by atoms with E-state index in [0.717, 1.165) is 28.8 Å². The van der Waals surface area contributed by atoms with Gasteiger partial charge in [-0.15, -0.1) is 0 Å². The van der Waals surface area contributed by atoms with Crippen LogP contribution in [0.4, 0.5) is 0 Å². The molecule has 0 spiro atoms. The Labute approximate surface area is 283 Å². The quantitative estimate of drug-likeness (QED) is 0.105. The van der Waals surface area contributed by atoms with E-state index in [4.69, 9.17) is 0 Å². The molecule has 2 atom stereocenters. The molecule has 2 unspecified atom stereocenters. The first kappa shape index (κ1) is 31.2. The maximum absolute atomic E-state index is 2.60. The van der Waals surface area contributed by atoms with Gasteiger partial charge in [-0.3, -0.25) is 0 Å². The number of fused-ring (bicyclic) bond motifs is 3. The second-order valence-corrected chi connectivity index (χ2v) is 15.7. The Morgan fingerprint density at radius 3 is 1.72 bits per heavy atom. The van der Waals surface area contributed by atoms with Gasteiger partial charge in [-0.2, -0.15) is 0 Å². The number of benzene rings is 7. The predicted molar refractivity (Wildman–Crippen MR) is 207 cm³/mol. The smallest absolute Gasteiger partial charge is 0.0647 e. The van der Waals surface area contributed by atoms with E-state index in [1.54, 1.807) is 0 Å². The second kappa shape index (κ2) is 13.0. The van der Waals surface area contributed by atoms with Gasteiger partial charge in [-0.1, -0.05) is 174 Å². The van der Waals surface area contributed by atoms with Gasteiger partial charge >= 0.3 is 0 Å². The van der Waals surface area contributed by atoms with E-state index in [1.807, 2.05) is 0 Å². The zero-order valence-corrected chi connectivity index (χ0v) is 29.2. The Hall–Kier alpha value is -4.46. The van der Waals surface area contributed by atoms with Crippen molar-refractivity contribution in [1.29, 1.82) is 0 Å². The number of rotatable bonds is 10. The van der Waals surface area contributed by atoms with Gasteiger partial charge in [0.2, 0.25) is 0 Å². The summed E-state index contributed by atoms with van der Waals surface area (Å²) in [5.41, 5.74) is 8.17. The van der Waals surface area contributed by atoms with Gasteiger partial charge in [-0.25, -0.2) is 0 Å². The van der Waals surface area contributed by atoms with Crippen LogP contribution in [0.2, 0.25) is 0 Å². The van der Waals surface area contributed by atoms with E-state index in [2.05, 4.69) is 173 Å². The lowest BCUT2D eigenvalue weighted by atomic mass is 9.82. The molecule has 0 N–H and O–H groups in total. The summed E-state index contributed by atoms with van der Waals surface area (Å²) in [6.07, 6.45) is 4.59. The SMILES string of the molecule is CCCC(CC)([Si]C(C)(CC)c1ccccc1)c1ccc2c(-c3ccccc3)c3ccccc3c(-c3ccc4ccccc4c3)c2c1. The molecule has 1 heteroatoms. The fourth-order valence-electron chi connectivity index (χ4n) is 7.92. The summed E-state index contributed by atoms with van der Waals surface area (Å²) >= 11 is 0. The van der Waals surface area contributed by atoms with Gasteiger partial charge in [-0.05, 0) is 101 Å². The second-order valence-electron chi connectivity index (χ2n) is 13.3. The molecule has 7 aromatic carbocycles. The van der Waals surface area contributed by atoms with Crippen molar-refractivity contribution in [3.63, 3.8) is 0 Å². The summed E-state index contributed by atoms with van der Waals surface area (Å²) in [6, 6.07) is 54.6. The van der Waals surface area contributed by atoms with Crippen molar-refractivity contribution in [2.75, 3.05) is 0 Å². The molecule has 0 nitrogen and oxygen atoms in total. The van der Waals surface area contributed by atoms with E-state index in [0.29, 0.717) is 0 Å². The molecule has 0 aromatic heterocycles. The van der Waals surface area contributed by atoms with Crippen LogP contribution >= 0.6 is 0 Å². The van der Waals surface area contributed by atoms with Crippen LogP contribution in [-0.2, 0) is 10.1 Å². The van der Waals surface area contributed by atoms with Crippen LogP contribution in [0.3, 0.4) is 0 Å². The molecule has 0 fully saturated rings. The van der Waals surface area contributed by atoms with Crippen molar-refractivity contribution in [1.82, 2.24) is 0 Å². The Morgan fingerprint density at radius 1 is 0.468 bits per heavy atom. The summed E-state index contributed by atoms with van der Waals surface area (Å²) in [7, 11) is 0.772. The van der Waals surface area contributed by atoms with E-state index in [1.165, 1.54) is 72.1 Å². The normalized spacial score (nSPS) is 14.3. The van der Waals surface area contributed by atoms with Crippen molar-refractivity contribution < 1.29 is 0 Å². The van der Waals surface area contributed by atoms with Gasteiger partial charge < -0.3 is 0 Å². The summed E-state index contributed by atoms with van der Waals surface area (Å²) < 4.78 is 0. The topological polar surface area (TPSA) is 0 Å². The highest BCUT2D eigenvalue weighted by Gasteiger charge is 2.39. The highest BCUT2D eigenvalue weighted by molar-refractivity contribution is 6.44. The van der Waals surface area contributed by atoms with Crippen LogP contribution < -0.4 is 0 Å². The number of hydrogen-bond acceptors (Lipinski definition) is 0. The molecule has 0 heterocycles. The third-order valence-corrected chi connectivity index (χ3v) is 13.2. The van der Waals surface area contributed by atoms with E-state index in [9.17, 15) is 0 Å². The van der Waals surface area contributed by atoms with Gasteiger partial charge in [0.1, 0.15) is 0 Å². The Morgan fingerprint density at radius 2 is 1.06 bits per heavy atom. The molecule has 0 aliphatic rings. The first-order valence-corrected chi connectivity index (χ1v) is 18.4. The molecule has 7 rings (SSSR count). The minimum absolute atomic E-state index is 0.0861. The molecule has 0 aliphatic carbocycles. The molecule has 0 amide bonds. The minimum atomic E-state index is 0.0861. The lowest BCUT2D eigenvalue weighted by Crippen LogP contribution is -2.45. The predicted octanol–water partition coefficient (Wildman–Crippen LogP) is 12.9. The summed E-state index contributed by atoms with van der Waals surface area (Å²) in [6.45, 7) is 9.67. The first-order chi connectivity index (χ1) is 23.0. The van der Waals surface area contributed by atoms with Crippen LogP contribution in [0.5, 0.6) is 0 Å². The van der Waals surface area contributed by atoms with E-state index in [-0.39, 0.29) is 10.1 Å². The van der Waals surface area contributed by atoms with E-state index >= 15 is 0 Å². The van der Waals surface area contributed by atoms with Crippen LogP contribution in [0.25, 0.3) is 54.6 Å². The highest BCUT2D eigenvalue weighted by atomic mass is 28.2. The molecular weight excluding hydrogens is 581 g/mol. The zero-order chi connectivity index (χ0) is 32.4. The summed E-state index contributed by atoms with van der Waals surface area (Å²) in [4.78, 5) is 0. The molecule has 0 aliphatic heterocycles. The van der Waals surface area contributed by atoms with Crippen molar-refractivity contribution in [3.8, 4) is 22.3 Å². The largest absolute Gasteiger partial charge is 0.0654 e. The third kappa shape index (κ3) is 5.61. The molecule has 47 heavy (non-hydrogen) atoms. The number of hydrogen-bond donors (Lipinski definition) is 0. The third-order valence-electron chi connectivity index (χ3n) is 10.6. The molecule has 2 radical (unpaired) electrons. The average Bonchev–Trinajstić information content (AvgIpc) is 3.13. The summed E-state index contributed by atoms with van der Waals surface area (Å²) in [5, 5.41) is 8.06. The maximum atomic E-state index is 2.60. The van der Waals surface area contributed by atoms with Gasteiger partial charge in [0, 0.05) is 0 Å². The Balaban J connectivity index is 1.54. The molecule has 0 bridgehead atoms. The minimum Gasteiger partial charge on any atom is -0.0654 e. The molecule has 0 saturated carbocycles. The van der Waals surface area contributed by atoms with Crippen molar-refractivity contribution in [2.45, 2.75) is 63.5 Å². The standard InChI is InChI=1S/C46H44Si/c1-5-30-46(7-3,47-45(4,6-2)37-22-12-9-13-23-37)38-28-29-41-42(32-38)44(36-27-26-33-18-14-15-21-35(33)31-36)40-25-17-16-24-39(40)43(41)34-19-10-8-11-20-34/h8-29,31-32H,5-7,30H2,1-4H3.